The van der Waals surface area contributed by atoms with E-state index in [1.54, 1.807) is 12.1 Å². The number of hydrogen-bond donors (Lipinski definition) is 1. The van der Waals surface area contributed by atoms with Gasteiger partial charge in [-0.2, -0.15) is 0 Å². The molecule has 3 heteroatoms. The summed E-state index contributed by atoms with van der Waals surface area (Å²) >= 11 is 0. The van der Waals surface area contributed by atoms with Crippen molar-refractivity contribution in [1.82, 2.24) is 5.32 Å². The summed E-state index contributed by atoms with van der Waals surface area (Å²) in [5.74, 6) is -0.173. The van der Waals surface area contributed by atoms with Crippen molar-refractivity contribution < 1.29 is 9.13 Å². The molecule has 0 aliphatic carbocycles. The van der Waals surface area contributed by atoms with Crippen LogP contribution in [0.4, 0.5) is 4.39 Å². The van der Waals surface area contributed by atoms with Crippen LogP contribution in [0.3, 0.4) is 0 Å². The second-order valence-electron chi connectivity index (χ2n) is 5.65. The first-order chi connectivity index (χ1) is 9.07. The van der Waals surface area contributed by atoms with Crippen LogP contribution in [-0.4, -0.2) is 18.8 Å². The van der Waals surface area contributed by atoms with Gasteiger partial charge in [-0.25, -0.2) is 4.39 Å². The van der Waals surface area contributed by atoms with Crippen LogP contribution >= 0.6 is 0 Å². The van der Waals surface area contributed by atoms with Crippen molar-refractivity contribution in [1.29, 1.82) is 0 Å². The molecule has 2 atom stereocenters. The number of halogens is 1. The molecule has 0 spiro atoms. The van der Waals surface area contributed by atoms with Gasteiger partial charge in [0.1, 0.15) is 5.82 Å². The Labute approximate surface area is 115 Å². The summed E-state index contributed by atoms with van der Waals surface area (Å²) in [6.45, 7) is 8.05. The van der Waals surface area contributed by atoms with Gasteiger partial charge in [0, 0.05) is 6.61 Å². The Bertz CT molecular complexity index is 427. The van der Waals surface area contributed by atoms with Gasteiger partial charge in [-0.1, -0.05) is 13.0 Å². The Hall–Kier alpha value is -0.930. The Morgan fingerprint density at radius 1 is 1.47 bits per heavy atom. The van der Waals surface area contributed by atoms with Gasteiger partial charge < -0.3 is 10.1 Å². The van der Waals surface area contributed by atoms with Gasteiger partial charge in [-0.15, -0.1) is 0 Å². The summed E-state index contributed by atoms with van der Waals surface area (Å²) in [4.78, 5) is 0. The van der Waals surface area contributed by atoms with E-state index in [0.717, 1.165) is 43.5 Å². The number of ether oxygens (including phenoxy) is 1. The molecule has 0 aromatic heterocycles. The third-order valence-electron chi connectivity index (χ3n) is 4.00. The molecule has 0 amide bonds. The van der Waals surface area contributed by atoms with Crippen molar-refractivity contribution in [3.63, 3.8) is 0 Å². The predicted octanol–water partition coefficient (Wildman–Crippen LogP) is 3.74. The summed E-state index contributed by atoms with van der Waals surface area (Å²) < 4.78 is 19.3. The third kappa shape index (κ3) is 3.15. The van der Waals surface area contributed by atoms with Crippen LogP contribution in [0, 0.1) is 12.7 Å². The molecule has 1 heterocycles. The maximum absolute atomic E-state index is 13.3. The standard InChI is InChI=1S/C16H24FNO/c1-4-9-18-15(16(3)8-5-10-19-16)14-7-6-13(17)11-12(14)2/h6-7,11,15,18H,4-5,8-10H2,1-3H3. The first-order valence-corrected chi connectivity index (χ1v) is 7.20. The zero-order chi connectivity index (χ0) is 13.9. The van der Waals surface area contributed by atoms with Crippen molar-refractivity contribution >= 4 is 0 Å². The van der Waals surface area contributed by atoms with Gasteiger partial charge in [0.25, 0.3) is 0 Å². The van der Waals surface area contributed by atoms with Gasteiger partial charge in [0.15, 0.2) is 0 Å². The Morgan fingerprint density at radius 3 is 2.84 bits per heavy atom. The lowest BCUT2D eigenvalue weighted by molar-refractivity contribution is -0.0126. The fraction of sp³-hybridized carbons (Fsp3) is 0.625. The maximum atomic E-state index is 13.3. The molecule has 1 fully saturated rings. The smallest absolute Gasteiger partial charge is 0.123 e. The molecule has 2 nitrogen and oxygen atoms in total. The van der Waals surface area contributed by atoms with E-state index in [1.165, 1.54) is 0 Å². The van der Waals surface area contributed by atoms with Crippen molar-refractivity contribution in [2.24, 2.45) is 0 Å². The topological polar surface area (TPSA) is 21.3 Å². The second kappa shape index (κ2) is 6.02. The molecule has 1 aromatic rings. The summed E-state index contributed by atoms with van der Waals surface area (Å²) in [6.07, 6.45) is 3.22. The van der Waals surface area contributed by atoms with Gasteiger partial charge in [0.2, 0.25) is 0 Å². The molecule has 19 heavy (non-hydrogen) atoms. The van der Waals surface area contributed by atoms with Gasteiger partial charge in [0.05, 0.1) is 11.6 Å². The molecule has 1 N–H and O–H groups in total. The third-order valence-corrected chi connectivity index (χ3v) is 4.00. The molecular weight excluding hydrogens is 241 g/mol. The summed E-state index contributed by atoms with van der Waals surface area (Å²) in [5.41, 5.74) is 1.96. The van der Waals surface area contributed by atoms with Crippen molar-refractivity contribution in [2.45, 2.75) is 51.7 Å². The summed E-state index contributed by atoms with van der Waals surface area (Å²) in [7, 11) is 0. The zero-order valence-electron chi connectivity index (χ0n) is 12.1. The molecule has 1 aliphatic rings. The molecule has 2 unspecified atom stereocenters. The molecule has 1 aromatic carbocycles. The van der Waals surface area contributed by atoms with E-state index < -0.39 is 0 Å². The molecule has 2 rings (SSSR count). The van der Waals surface area contributed by atoms with E-state index in [2.05, 4.69) is 19.2 Å². The SMILES string of the molecule is CCCNC(c1ccc(F)cc1C)C1(C)CCCO1. The van der Waals surface area contributed by atoms with E-state index in [-0.39, 0.29) is 17.5 Å². The average Bonchev–Trinajstić information content (AvgIpc) is 2.80. The van der Waals surface area contributed by atoms with Crippen LogP contribution in [0.1, 0.15) is 50.3 Å². The molecular formula is C16H24FNO. The van der Waals surface area contributed by atoms with Crippen molar-refractivity contribution in [3.05, 3.63) is 35.1 Å². The highest BCUT2D eigenvalue weighted by Gasteiger charge is 2.39. The first-order valence-electron chi connectivity index (χ1n) is 7.20. The fourth-order valence-electron chi connectivity index (χ4n) is 2.93. The minimum Gasteiger partial charge on any atom is -0.373 e. The molecule has 0 saturated carbocycles. The number of nitrogens with one attached hydrogen (secondary N) is 1. The number of hydrogen-bond acceptors (Lipinski definition) is 2. The molecule has 0 radical (unpaired) electrons. The summed E-state index contributed by atoms with van der Waals surface area (Å²) in [6, 6.07) is 5.18. The molecule has 106 valence electrons. The first kappa shape index (κ1) is 14.5. The van der Waals surface area contributed by atoms with E-state index >= 15 is 0 Å². The zero-order valence-corrected chi connectivity index (χ0v) is 12.1. The van der Waals surface area contributed by atoms with E-state index in [0.29, 0.717) is 0 Å². The van der Waals surface area contributed by atoms with E-state index in [4.69, 9.17) is 4.74 Å². The quantitative estimate of drug-likeness (QED) is 0.875. The monoisotopic (exact) mass is 265 g/mol. The minimum atomic E-state index is -0.183. The second-order valence-corrected chi connectivity index (χ2v) is 5.65. The Balaban J connectivity index is 2.31. The normalized spacial score (nSPS) is 24.6. The lowest BCUT2D eigenvalue weighted by Crippen LogP contribution is -2.42. The molecule has 1 aliphatic heterocycles. The Kier molecular flexibility index (Phi) is 4.58. The highest BCUT2D eigenvalue weighted by atomic mass is 19.1. The van der Waals surface area contributed by atoms with Gasteiger partial charge in [-0.05, 0) is 62.9 Å². The lowest BCUT2D eigenvalue weighted by Gasteiger charge is -2.35. The number of benzene rings is 1. The minimum absolute atomic E-state index is 0.135. The van der Waals surface area contributed by atoms with Crippen LogP contribution in [0.5, 0.6) is 0 Å². The van der Waals surface area contributed by atoms with Crippen LogP contribution in [0.25, 0.3) is 0 Å². The number of rotatable bonds is 5. The van der Waals surface area contributed by atoms with Crippen LogP contribution in [0.15, 0.2) is 18.2 Å². The lowest BCUT2D eigenvalue weighted by atomic mass is 9.85. The van der Waals surface area contributed by atoms with Crippen LogP contribution in [-0.2, 0) is 4.74 Å². The number of aryl methyl sites for hydroxylation is 1. The Morgan fingerprint density at radius 2 is 2.26 bits per heavy atom. The maximum Gasteiger partial charge on any atom is 0.123 e. The van der Waals surface area contributed by atoms with Crippen LogP contribution in [0.2, 0.25) is 0 Å². The average molecular weight is 265 g/mol. The van der Waals surface area contributed by atoms with Gasteiger partial charge >= 0.3 is 0 Å². The predicted molar refractivity (Wildman–Crippen MR) is 75.8 cm³/mol. The van der Waals surface area contributed by atoms with Crippen molar-refractivity contribution in [2.75, 3.05) is 13.2 Å². The van der Waals surface area contributed by atoms with E-state index in [9.17, 15) is 4.39 Å². The highest BCUT2D eigenvalue weighted by Crippen LogP contribution is 2.38. The van der Waals surface area contributed by atoms with Crippen molar-refractivity contribution in [3.8, 4) is 0 Å². The largest absolute Gasteiger partial charge is 0.373 e. The van der Waals surface area contributed by atoms with E-state index in [1.807, 2.05) is 13.0 Å². The van der Waals surface area contributed by atoms with Crippen LogP contribution < -0.4 is 5.32 Å². The molecule has 0 bridgehead atoms. The highest BCUT2D eigenvalue weighted by molar-refractivity contribution is 5.31. The van der Waals surface area contributed by atoms with Gasteiger partial charge in [-0.3, -0.25) is 0 Å². The molecule has 1 saturated heterocycles. The fourth-order valence-corrected chi connectivity index (χ4v) is 2.93. The summed E-state index contributed by atoms with van der Waals surface area (Å²) in [5, 5.41) is 3.58.